The number of amides is 3. The molecule has 0 aromatic carbocycles. The number of rotatable bonds is 4. The van der Waals surface area contributed by atoms with E-state index < -0.39 is 18.0 Å². The zero-order valence-corrected chi connectivity index (χ0v) is 20.0. The second-order valence-corrected chi connectivity index (χ2v) is 9.52. The van der Waals surface area contributed by atoms with Gasteiger partial charge in [-0.05, 0) is 26.2 Å². The van der Waals surface area contributed by atoms with Crippen LogP contribution in [0, 0.1) is 11.8 Å². The minimum atomic E-state index is -1.33. The minimum absolute atomic E-state index is 0. The van der Waals surface area contributed by atoms with Gasteiger partial charge in [-0.15, -0.1) is 11.8 Å². The van der Waals surface area contributed by atoms with Gasteiger partial charge in [0.2, 0.25) is 5.91 Å². The van der Waals surface area contributed by atoms with Crippen LogP contribution in [0.1, 0.15) is 33.1 Å². The molecule has 154 valence electrons. The molecule has 29 heavy (non-hydrogen) atoms. The number of fused-ring (bicyclic) bond motifs is 1. The van der Waals surface area contributed by atoms with Crippen LogP contribution in [-0.4, -0.2) is 81.3 Å². The molecule has 4 unspecified atom stereocenters. The van der Waals surface area contributed by atoms with Crippen LogP contribution in [0.4, 0.5) is 4.79 Å². The van der Waals surface area contributed by atoms with Crippen molar-refractivity contribution in [1.29, 1.82) is 0 Å². The Bertz CT molecular complexity index is 733. The van der Waals surface area contributed by atoms with Gasteiger partial charge in [0, 0.05) is 42.3 Å². The number of nitrogens with zero attached hydrogens (tertiary/aromatic N) is 3. The van der Waals surface area contributed by atoms with Gasteiger partial charge >= 0.3 is 35.6 Å². The number of aliphatic hydroxyl groups is 1. The molecule has 0 radical (unpaired) electrons. The molecule has 4 heterocycles. The predicted molar refractivity (Wildman–Crippen MR) is 101 cm³/mol. The van der Waals surface area contributed by atoms with Crippen molar-refractivity contribution in [3.05, 3.63) is 10.6 Å². The third kappa shape index (κ3) is 3.84. The molecule has 4 atom stereocenters. The third-order valence-corrected chi connectivity index (χ3v) is 8.06. The maximum atomic E-state index is 12.4. The number of carboxylic acids is 1. The Morgan fingerprint density at radius 3 is 2.24 bits per heavy atom. The van der Waals surface area contributed by atoms with Gasteiger partial charge in [0.05, 0.1) is 29.7 Å². The molecule has 10 heteroatoms. The van der Waals surface area contributed by atoms with Crippen LogP contribution in [0.3, 0.4) is 0 Å². The third-order valence-electron chi connectivity index (χ3n) is 6.43. The Labute approximate surface area is 196 Å². The summed E-state index contributed by atoms with van der Waals surface area (Å²) < 4.78 is 0. The van der Waals surface area contributed by atoms with Gasteiger partial charge < -0.3 is 29.7 Å². The maximum absolute atomic E-state index is 12.4. The van der Waals surface area contributed by atoms with Gasteiger partial charge in [-0.3, -0.25) is 4.79 Å². The standard InChI is InChI=1S/C19H27N3O5S.Na/c1-10-14-13(11(2)23)17(24)22(14)15(18(25)26)16(10)28-12-4-8-21(9-5-12)19(27)20-6-3-7-20;/h10-14,23H,3-9H2,1-2H3,(H,25,26);/q;+1/p-1. The summed E-state index contributed by atoms with van der Waals surface area (Å²) in [5.74, 6) is -2.37. The molecule has 4 rings (SSSR count). The first kappa shape index (κ1) is 22.9. The Morgan fingerprint density at radius 1 is 1.17 bits per heavy atom. The van der Waals surface area contributed by atoms with Crippen molar-refractivity contribution in [1.82, 2.24) is 14.7 Å². The monoisotopic (exact) mass is 431 g/mol. The maximum Gasteiger partial charge on any atom is 1.00 e. The molecule has 0 aromatic rings. The number of carbonyl (C=O) groups excluding carboxylic acids is 3. The van der Waals surface area contributed by atoms with Gasteiger partial charge in [0.15, 0.2) is 0 Å². The van der Waals surface area contributed by atoms with Crippen molar-refractivity contribution in [3.63, 3.8) is 0 Å². The van der Waals surface area contributed by atoms with E-state index in [9.17, 15) is 24.6 Å². The summed E-state index contributed by atoms with van der Waals surface area (Å²) in [7, 11) is 0. The largest absolute Gasteiger partial charge is 1.00 e. The summed E-state index contributed by atoms with van der Waals surface area (Å²) in [6, 6.07) is -0.205. The number of carboxylic acid groups (broad SMARTS) is 1. The number of piperidine rings is 1. The average molecular weight is 431 g/mol. The predicted octanol–water partition coefficient (Wildman–Crippen LogP) is -3.17. The molecule has 0 saturated carbocycles. The Kier molecular flexibility index (Phi) is 6.95. The van der Waals surface area contributed by atoms with Crippen molar-refractivity contribution in [2.24, 2.45) is 11.8 Å². The second kappa shape index (κ2) is 8.78. The fraction of sp³-hybridized carbons (Fsp3) is 0.737. The number of aliphatic carboxylic acids is 1. The molecule has 8 nitrogen and oxygen atoms in total. The molecule has 3 fully saturated rings. The molecule has 0 bridgehead atoms. The fourth-order valence-electron chi connectivity index (χ4n) is 4.72. The Morgan fingerprint density at radius 2 is 1.76 bits per heavy atom. The normalized spacial score (nSPS) is 30.4. The summed E-state index contributed by atoms with van der Waals surface area (Å²) in [6.45, 7) is 6.49. The number of hydrogen-bond donors (Lipinski definition) is 1. The number of thioether (sulfide) groups is 1. The zero-order valence-electron chi connectivity index (χ0n) is 17.2. The molecule has 1 N–H and O–H groups in total. The number of aliphatic hydroxyl groups excluding tert-OH is 1. The summed E-state index contributed by atoms with van der Waals surface area (Å²) in [5.41, 5.74) is -0.0246. The van der Waals surface area contributed by atoms with Crippen molar-refractivity contribution in [3.8, 4) is 0 Å². The van der Waals surface area contributed by atoms with Gasteiger partial charge in [-0.1, -0.05) is 6.92 Å². The van der Waals surface area contributed by atoms with Crippen LogP contribution in [0.2, 0.25) is 0 Å². The molecule has 0 aliphatic carbocycles. The molecular weight excluding hydrogens is 405 g/mol. The number of carbonyl (C=O) groups is 3. The summed E-state index contributed by atoms with van der Waals surface area (Å²) in [4.78, 5) is 42.2. The van der Waals surface area contributed by atoms with Gasteiger partial charge in [0.1, 0.15) is 0 Å². The van der Waals surface area contributed by atoms with E-state index in [-0.39, 0.29) is 64.4 Å². The number of hydrogen-bond acceptors (Lipinski definition) is 6. The van der Waals surface area contributed by atoms with Crippen LogP contribution in [0.25, 0.3) is 0 Å². The quantitative estimate of drug-likeness (QED) is 0.372. The van der Waals surface area contributed by atoms with Crippen molar-refractivity contribution < 1.29 is 54.2 Å². The Hall–Kier alpha value is -0.740. The first-order valence-electron chi connectivity index (χ1n) is 9.98. The number of β-lactam (4-membered cyclic amide) rings is 1. The summed E-state index contributed by atoms with van der Waals surface area (Å²) in [5, 5.41) is 21.9. The number of likely N-dealkylation sites (tertiary alicyclic amines) is 2. The number of urea groups is 1. The van der Waals surface area contributed by atoms with Crippen LogP contribution in [-0.2, 0) is 9.59 Å². The van der Waals surface area contributed by atoms with Crippen LogP contribution in [0.15, 0.2) is 10.6 Å². The van der Waals surface area contributed by atoms with Gasteiger partial charge in [-0.2, -0.15) is 0 Å². The van der Waals surface area contributed by atoms with E-state index in [4.69, 9.17) is 0 Å². The average Bonchev–Trinajstić information content (AvgIpc) is 2.83. The van der Waals surface area contributed by atoms with Crippen molar-refractivity contribution >= 4 is 29.7 Å². The van der Waals surface area contributed by atoms with Crippen molar-refractivity contribution in [2.75, 3.05) is 26.2 Å². The van der Waals surface area contributed by atoms with Gasteiger partial charge in [-0.25, -0.2) is 4.79 Å². The van der Waals surface area contributed by atoms with Crippen LogP contribution < -0.4 is 34.7 Å². The minimum Gasteiger partial charge on any atom is -0.543 e. The summed E-state index contributed by atoms with van der Waals surface area (Å²) >= 11 is 1.51. The second-order valence-electron chi connectivity index (χ2n) is 8.18. The van der Waals surface area contributed by atoms with E-state index in [0.29, 0.717) is 18.0 Å². The first-order chi connectivity index (χ1) is 13.3. The zero-order chi connectivity index (χ0) is 20.2. The van der Waals surface area contributed by atoms with E-state index in [2.05, 4.69) is 0 Å². The van der Waals surface area contributed by atoms with Crippen LogP contribution in [0.5, 0.6) is 0 Å². The molecule has 4 aliphatic rings. The van der Waals surface area contributed by atoms with Gasteiger partial charge in [0.25, 0.3) is 0 Å². The van der Waals surface area contributed by atoms with E-state index in [1.54, 1.807) is 6.92 Å². The Balaban J connectivity index is 0.00000240. The SMILES string of the molecule is CC(O)C1C(=O)N2C(C(=O)[O-])=C(SC3CCN(C(=O)N4CCC4)CC3)C(C)C12.[Na+]. The smallest absolute Gasteiger partial charge is 0.543 e. The van der Waals surface area contributed by atoms with E-state index >= 15 is 0 Å². The molecule has 0 spiro atoms. The molecule has 3 amide bonds. The van der Waals surface area contributed by atoms with Crippen molar-refractivity contribution in [2.45, 2.75) is 50.5 Å². The topological polar surface area (TPSA) is 104 Å². The fourth-order valence-corrected chi connectivity index (χ4v) is 6.17. The molecule has 3 saturated heterocycles. The van der Waals surface area contributed by atoms with E-state index in [1.165, 1.54) is 16.7 Å². The van der Waals surface area contributed by atoms with E-state index in [1.807, 2.05) is 16.7 Å². The molecule has 4 aliphatic heterocycles. The summed E-state index contributed by atoms with van der Waals surface area (Å²) in [6.07, 6.45) is 1.85. The van der Waals surface area contributed by atoms with E-state index in [0.717, 1.165) is 32.4 Å². The molecule has 0 aromatic heterocycles. The molecular formula is C19H26N3NaO5S. The van der Waals surface area contributed by atoms with Crippen LogP contribution >= 0.6 is 11.8 Å². The first-order valence-corrected chi connectivity index (χ1v) is 10.9.